The van der Waals surface area contributed by atoms with E-state index in [4.69, 9.17) is 11.6 Å². The number of nitrogens with one attached hydrogen (secondary N) is 1. The first kappa shape index (κ1) is 15.6. The fraction of sp³-hybridized carbons (Fsp3) is 0.467. The number of carbonyl (C=O) groups excluding carboxylic acids is 1. The molecule has 1 saturated heterocycles. The van der Waals surface area contributed by atoms with Crippen molar-refractivity contribution < 1.29 is 14.7 Å². The number of carbonyl (C=O) groups is 2. The number of hydrogen-bond donors (Lipinski definition) is 2. The number of aliphatic carboxylic acids is 1. The number of likely N-dealkylation sites (tertiary alicyclic amines) is 1. The second-order valence-corrected chi connectivity index (χ2v) is 6.21. The van der Waals surface area contributed by atoms with Crippen molar-refractivity contribution in [1.29, 1.82) is 0 Å². The normalized spacial score (nSPS) is 22.0. The molecule has 1 aromatic rings. The lowest BCUT2D eigenvalue weighted by molar-refractivity contribution is -0.150. The molecule has 5 nitrogen and oxygen atoms in total. The van der Waals surface area contributed by atoms with Gasteiger partial charge in [0.2, 0.25) is 0 Å². The molecule has 1 aliphatic heterocycles. The number of anilines is 1. The van der Waals surface area contributed by atoms with Crippen molar-refractivity contribution in [2.45, 2.75) is 26.7 Å². The first-order chi connectivity index (χ1) is 9.82. The number of halogens is 1. The average molecular weight is 311 g/mol. The Morgan fingerprint density at radius 1 is 1.43 bits per heavy atom. The standard InChI is InChI=1S/C15H19ClN2O3/c1-10-4-5-11(16)12(8-10)17-14(21)18-7-3-6-15(2,9-18)13(19)20/h4-5,8H,3,6-7,9H2,1-2H3,(H,17,21)(H,19,20). The summed E-state index contributed by atoms with van der Waals surface area (Å²) in [6, 6.07) is 5.07. The molecule has 0 radical (unpaired) electrons. The summed E-state index contributed by atoms with van der Waals surface area (Å²) >= 11 is 6.06. The van der Waals surface area contributed by atoms with Crippen molar-refractivity contribution >= 4 is 29.3 Å². The number of nitrogens with zero attached hydrogens (tertiary/aromatic N) is 1. The molecular weight excluding hydrogens is 292 g/mol. The van der Waals surface area contributed by atoms with Gasteiger partial charge in [0, 0.05) is 13.1 Å². The average Bonchev–Trinajstić information content (AvgIpc) is 2.42. The monoisotopic (exact) mass is 310 g/mol. The van der Waals surface area contributed by atoms with Gasteiger partial charge in [0.15, 0.2) is 0 Å². The van der Waals surface area contributed by atoms with E-state index in [9.17, 15) is 14.7 Å². The molecule has 1 atom stereocenters. The summed E-state index contributed by atoms with van der Waals surface area (Å²) in [6.07, 6.45) is 1.26. The fourth-order valence-electron chi connectivity index (χ4n) is 2.52. The van der Waals surface area contributed by atoms with E-state index in [0.717, 1.165) is 5.56 Å². The van der Waals surface area contributed by atoms with Crippen molar-refractivity contribution in [3.8, 4) is 0 Å². The van der Waals surface area contributed by atoms with Crippen molar-refractivity contribution in [2.75, 3.05) is 18.4 Å². The lowest BCUT2D eigenvalue weighted by atomic mass is 9.82. The van der Waals surface area contributed by atoms with Crippen LogP contribution in [0.15, 0.2) is 18.2 Å². The number of amides is 2. The number of benzene rings is 1. The summed E-state index contributed by atoms with van der Waals surface area (Å²) in [4.78, 5) is 25.2. The third-order valence-corrected chi connectivity index (χ3v) is 4.19. The second kappa shape index (κ2) is 5.93. The Morgan fingerprint density at radius 2 is 2.14 bits per heavy atom. The maximum absolute atomic E-state index is 12.3. The fourth-order valence-corrected chi connectivity index (χ4v) is 2.68. The van der Waals surface area contributed by atoms with Crippen LogP contribution in [0.3, 0.4) is 0 Å². The van der Waals surface area contributed by atoms with Crippen LogP contribution in [-0.2, 0) is 4.79 Å². The van der Waals surface area contributed by atoms with Gasteiger partial charge in [-0.25, -0.2) is 4.79 Å². The number of carboxylic acids is 1. The van der Waals surface area contributed by atoms with E-state index >= 15 is 0 Å². The van der Waals surface area contributed by atoms with Gasteiger partial charge in [-0.3, -0.25) is 4.79 Å². The molecule has 0 spiro atoms. The van der Waals surface area contributed by atoms with E-state index < -0.39 is 11.4 Å². The smallest absolute Gasteiger partial charge is 0.321 e. The van der Waals surface area contributed by atoms with E-state index in [1.54, 1.807) is 19.1 Å². The molecule has 21 heavy (non-hydrogen) atoms. The Kier molecular flexibility index (Phi) is 4.42. The lowest BCUT2D eigenvalue weighted by Crippen LogP contribution is -2.49. The Labute approximate surface area is 128 Å². The molecule has 0 saturated carbocycles. The SMILES string of the molecule is Cc1ccc(Cl)c(NC(=O)N2CCCC(C)(C(=O)O)C2)c1. The quantitative estimate of drug-likeness (QED) is 0.880. The molecule has 0 aliphatic carbocycles. The van der Waals surface area contributed by atoms with Gasteiger partial charge in [-0.15, -0.1) is 0 Å². The highest BCUT2D eigenvalue weighted by Gasteiger charge is 2.39. The van der Waals surface area contributed by atoms with E-state index in [1.165, 1.54) is 4.90 Å². The Balaban J connectivity index is 2.10. The minimum Gasteiger partial charge on any atom is -0.481 e. The first-order valence-electron chi connectivity index (χ1n) is 6.87. The largest absolute Gasteiger partial charge is 0.481 e. The lowest BCUT2D eigenvalue weighted by Gasteiger charge is -2.37. The van der Waals surface area contributed by atoms with E-state index in [2.05, 4.69) is 5.32 Å². The van der Waals surface area contributed by atoms with Gasteiger partial charge in [-0.2, -0.15) is 0 Å². The number of rotatable bonds is 2. The summed E-state index contributed by atoms with van der Waals surface area (Å²) in [7, 11) is 0. The van der Waals surface area contributed by atoms with Crippen LogP contribution in [0.2, 0.25) is 5.02 Å². The zero-order valence-corrected chi connectivity index (χ0v) is 12.9. The summed E-state index contributed by atoms with van der Waals surface area (Å²) < 4.78 is 0. The van der Waals surface area contributed by atoms with Crippen LogP contribution < -0.4 is 5.32 Å². The minimum atomic E-state index is -0.883. The predicted molar refractivity (Wildman–Crippen MR) is 81.8 cm³/mol. The maximum atomic E-state index is 12.3. The molecule has 0 bridgehead atoms. The summed E-state index contributed by atoms with van der Waals surface area (Å²) in [5, 5.41) is 12.5. The third-order valence-electron chi connectivity index (χ3n) is 3.86. The molecule has 6 heteroatoms. The maximum Gasteiger partial charge on any atom is 0.321 e. The second-order valence-electron chi connectivity index (χ2n) is 5.80. The van der Waals surface area contributed by atoms with Gasteiger partial charge in [-0.1, -0.05) is 17.7 Å². The summed E-state index contributed by atoms with van der Waals surface area (Å²) in [6.45, 7) is 4.35. The van der Waals surface area contributed by atoms with Gasteiger partial charge in [0.25, 0.3) is 0 Å². The van der Waals surface area contributed by atoms with Gasteiger partial charge < -0.3 is 15.3 Å². The first-order valence-corrected chi connectivity index (χ1v) is 7.25. The van der Waals surface area contributed by atoms with Crippen molar-refractivity contribution in [3.05, 3.63) is 28.8 Å². The zero-order valence-electron chi connectivity index (χ0n) is 12.1. The number of hydrogen-bond acceptors (Lipinski definition) is 2. The van der Waals surface area contributed by atoms with E-state index in [1.807, 2.05) is 13.0 Å². The van der Waals surface area contributed by atoms with Gasteiger partial charge in [0.05, 0.1) is 16.1 Å². The van der Waals surface area contributed by atoms with Gasteiger partial charge >= 0.3 is 12.0 Å². The molecule has 114 valence electrons. The van der Waals surface area contributed by atoms with E-state index in [-0.39, 0.29) is 12.6 Å². The molecule has 1 unspecified atom stereocenters. The van der Waals surface area contributed by atoms with Crippen LogP contribution in [0.5, 0.6) is 0 Å². The molecule has 2 N–H and O–H groups in total. The van der Waals surface area contributed by atoms with Crippen molar-refractivity contribution in [2.24, 2.45) is 5.41 Å². The van der Waals surface area contributed by atoms with Gasteiger partial charge in [-0.05, 0) is 44.4 Å². The molecule has 2 amide bonds. The van der Waals surface area contributed by atoms with Crippen LogP contribution in [-0.4, -0.2) is 35.1 Å². The number of aryl methyl sites for hydroxylation is 1. The molecule has 1 aliphatic rings. The number of piperidine rings is 1. The third kappa shape index (κ3) is 3.47. The molecule has 1 fully saturated rings. The van der Waals surface area contributed by atoms with E-state index in [0.29, 0.717) is 30.1 Å². The highest BCUT2D eigenvalue weighted by molar-refractivity contribution is 6.33. The Morgan fingerprint density at radius 3 is 2.81 bits per heavy atom. The predicted octanol–water partition coefficient (Wildman–Crippen LogP) is 3.37. The molecule has 1 aromatic carbocycles. The van der Waals surface area contributed by atoms with Crippen molar-refractivity contribution in [3.63, 3.8) is 0 Å². The van der Waals surface area contributed by atoms with Crippen LogP contribution in [0, 0.1) is 12.3 Å². The van der Waals surface area contributed by atoms with Crippen molar-refractivity contribution in [1.82, 2.24) is 4.90 Å². The Hall–Kier alpha value is -1.75. The van der Waals surface area contributed by atoms with Crippen LogP contribution >= 0.6 is 11.6 Å². The topological polar surface area (TPSA) is 69.6 Å². The molecule has 0 aromatic heterocycles. The molecule has 1 heterocycles. The van der Waals surface area contributed by atoms with Crippen LogP contribution in [0.4, 0.5) is 10.5 Å². The summed E-state index contributed by atoms with van der Waals surface area (Å²) in [5.41, 5.74) is 0.652. The highest BCUT2D eigenvalue weighted by atomic mass is 35.5. The van der Waals surface area contributed by atoms with Crippen LogP contribution in [0.25, 0.3) is 0 Å². The van der Waals surface area contributed by atoms with Crippen LogP contribution in [0.1, 0.15) is 25.3 Å². The molecule has 2 rings (SSSR count). The zero-order chi connectivity index (χ0) is 15.6. The summed E-state index contributed by atoms with van der Waals surface area (Å²) in [5.74, 6) is -0.867. The number of urea groups is 1. The minimum absolute atomic E-state index is 0.206. The number of carboxylic acid groups (broad SMARTS) is 1. The highest BCUT2D eigenvalue weighted by Crippen LogP contribution is 2.30. The van der Waals surface area contributed by atoms with Gasteiger partial charge in [0.1, 0.15) is 0 Å². The molecular formula is C15H19ClN2O3. The Bertz CT molecular complexity index is 576.